The molecule has 0 spiro atoms. The van der Waals surface area contributed by atoms with Crippen LogP contribution in [0.3, 0.4) is 0 Å². The van der Waals surface area contributed by atoms with E-state index in [9.17, 15) is 13.2 Å². The molecule has 0 bridgehead atoms. The Morgan fingerprint density at radius 3 is 2.67 bits per heavy atom. The van der Waals surface area contributed by atoms with Gasteiger partial charge >= 0.3 is 0 Å². The van der Waals surface area contributed by atoms with Crippen molar-refractivity contribution >= 4 is 27.3 Å². The molecular weight excluding hydrogens is 312 g/mol. The zero-order valence-electron chi connectivity index (χ0n) is 11.9. The highest BCUT2D eigenvalue weighted by Crippen LogP contribution is 2.20. The van der Waals surface area contributed by atoms with E-state index in [1.165, 1.54) is 6.07 Å². The highest BCUT2D eigenvalue weighted by atomic mass is 32.2. The van der Waals surface area contributed by atoms with Crippen LogP contribution in [0.2, 0.25) is 0 Å². The molecule has 0 radical (unpaired) electrons. The molecule has 0 unspecified atom stereocenters. The van der Waals surface area contributed by atoms with Crippen molar-refractivity contribution in [1.29, 1.82) is 0 Å². The molecule has 1 fully saturated rings. The normalized spacial score (nSPS) is 22.9. The van der Waals surface area contributed by atoms with Gasteiger partial charge in [0.1, 0.15) is 4.21 Å². The molecule has 0 saturated heterocycles. The van der Waals surface area contributed by atoms with Crippen LogP contribution in [-0.2, 0) is 19.6 Å². The van der Waals surface area contributed by atoms with Crippen molar-refractivity contribution in [2.24, 2.45) is 0 Å². The van der Waals surface area contributed by atoms with E-state index in [1.807, 2.05) is 0 Å². The van der Waals surface area contributed by atoms with E-state index >= 15 is 0 Å². The SMILES string of the molecule is COC1CCC(NC(=O)CNS(=O)(=O)c2cccs2)CC1. The monoisotopic (exact) mass is 332 g/mol. The van der Waals surface area contributed by atoms with Crippen LogP contribution < -0.4 is 10.0 Å². The predicted molar refractivity (Wildman–Crippen MR) is 80.7 cm³/mol. The molecule has 0 aromatic carbocycles. The molecular formula is C13H20N2O4S2. The fourth-order valence-electron chi connectivity index (χ4n) is 2.37. The number of thiophene rings is 1. The van der Waals surface area contributed by atoms with E-state index in [0.717, 1.165) is 37.0 Å². The quantitative estimate of drug-likeness (QED) is 0.817. The molecule has 118 valence electrons. The Kier molecular flexibility index (Phi) is 5.74. The topological polar surface area (TPSA) is 84.5 Å². The number of carbonyl (C=O) groups is 1. The van der Waals surface area contributed by atoms with Crippen LogP contribution in [0.4, 0.5) is 0 Å². The first-order valence-electron chi connectivity index (χ1n) is 6.86. The van der Waals surface area contributed by atoms with Gasteiger partial charge in [0.25, 0.3) is 10.0 Å². The van der Waals surface area contributed by atoms with Gasteiger partial charge in [-0.25, -0.2) is 13.1 Å². The number of sulfonamides is 1. The first-order chi connectivity index (χ1) is 10.0. The number of nitrogens with one attached hydrogen (secondary N) is 2. The summed E-state index contributed by atoms with van der Waals surface area (Å²) in [7, 11) is -1.88. The molecule has 2 N–H and O–H groups in total. The lowest BCUT2D eigenvalue weighted by molar-refractivity contribution is -0.121. The first kappa shape index (κ1) is 16.4. The average Bonchev–Trinajstić information content (AvgIpc) is 3.01. The summed E-state index contributed by atoms with van der Waals surface area (Å²) in [6.45, 7) is -0.232. The highest BCUT2D eigenvalue weighted by Gasteiger charge is 2.23. The first-order valence-corrected chi connectivity index (χ1v) is 9.23. The number of rotatable bonds is 6. The molecule has 6 nitrogen and oxygen atoms in total. The minimum atomic E-state index is -3.58. The molecule has 1 heterocycles. The molecule has 8 heteroatoms. The zero-order chi connectivity index (χ0) is 15.3. The molecule has 1 aliphatic rings. The lowest BCUT2D eigenvalue weighted by Gasteiger charge is -2.28. The summed E-state index contributed by atoms with van der Waals surface area (Å²) in [5.41, 5.74) is 0. The molecule has 0 atom stereocenters. The maximum atomic E-state index is 11.9. The molecule has 1 aromatic heterocycles. The van der Waals surface area contributed by atoms with Gasteiger partial charge in [0.15, 0.2) is 0 Å². The average molecular weight is 332 g/mol. The standard InChI is InChI=1S/C13H20N2O4S2/c1-19-11-6-4-10(5-7-11)15-12(16)9-14-21(17,18)13-3-2-8-20-13/h2-3,8,10-11,14H,4-7,9H2,1H3,(H,15,16). The summed E-state index contributed by atoms with van der Waals surface area (Å²) in [4.78, 5) is 11.8. The molecule has 2 rings (SSSR count). The van der Waals surface area contributed by atoms with Gasteiger partial charge in [-0.1, -0.05) is 6.07 Å². The van der Waals surface area contributed by atoms with Gasteiger partial charge in [-0.2, -0.15) is 0 Å². The molecule has 0 aliphatic heterocycles. The Bertz CT molecular complexity index is 549. The Balaban J connectivity index is 1.76. The third-order valence-corrected chi connectivity index (χ3v) is 6.35. The van der Waals surface area contributed by atoms with Crippen LogP contribution in [0.25, 0.3) is 0 Å². The fourth-order valence-corrected chi connectivity index (χ4v) is 4.39. The Morgan fingerprint density at radius 1 is 1.38 bits per heavy atom. The van der Waals surface area contributed by atoms with Crippen LogP contribution in [0.5, 0.6) is 0 Å². The number of hydrogen-bond acceptors (Lipinski definition) is 5. The Morgan fingerprint density at radius 2 is 2.10 bits per heavy atom. The largest absolute Gasteiger partial charge is 0.381 e. The van der Waals surface area contributed by atoms with E-state index < -0.39 is 10.0 Å². The second-order valence-corrected chi connectivity index (χ2v) is 7.97. The van der Waals surface area contributed by atoms with Crippen molar-refractivity contribution in [3.8, 4) is 0 Å². The molecule has 1 amide bonds. The minimum Gasteiger partial charge on any atom is -0.381 e. The molecule has 21 heavy (non-hydrogen) atoms. The van der Waals surface area contributed by atoms with E-state index in [0.29, 0.717) is 0 Å². The van der Waals surface area contributed by atoms with Gasteiger partial charge in [0, 0.05) is 13.2 Å². The zero-order valence-corrected chi connectivity index (χ0v) is 13.5. The maximum absolute atomic E-state index is 11.9. The maximum Gasteiger partial charge on any atom is 0.250 e. The number of carbonyl (C=O) groups excluding carboxylic acids is 1. The Hall–Kier alpha value is -0.960. The fraction of sp³-hybridized carbons (Fsp3) is 0.615. The second kappa shape index (κ2) is 7.35. The number of hydrogen-bond donors (Lipinski definition) is 2. The second-order valence-electron chi connectivity index (χ2n) is 5.03. The van der Waals surface area contributed by atoms with Gasteiger partial charge in [-0.3, -0.25) is 4.79 Å². The third-order valence-electron chi connectivity index (χ3n) is 3.56. The van der Waals surface area contributed by atoms with Gasteiger partial charge in [-0.15, -0.1) is 11.3 Å². The van der Waals surface area contributed by atoms with Crippen molar-refractivity contribution in [3.05, 3.63) is 17.5 Å². The Labute approximate surface area is 128 Å². The number of methoxy groups -OCH3 is 1. The van der Waals surface area contributed by atoms with Gasteiger partial charge in [-0.05, 0) is 37.1 Å². The summed E-state index contributed by atoms with van der Waals surface area (Å²) in [5, 5.41) is 4.55. The summed E-state index contributed by atoms with van der Waals surface area (Å²) >= 11 is 1.12. The van der Waals surface area contributed by atoms with Crippen LogP contribution in [0.1, 0.15) is 25.7 Å². The van der Waals surface area contributed by atoms with Crippen LogP contribution in [0.15, 0.2) is 21.7 Å². The van der Waals surface area contributed by atoms with Crippen molar-refractivity contribution < 1.29 is 17.9 Å². The highest BCUT2D eigenvalue weighted by molar-refractivity contribution is 7.91. The van der Waals surface area contributed by atoms with Gasteiger partial charge < -0.3 is 10.1 Å². The van der Waals surface area contributed by atoms with E-state index in [-0.39, 0.29) is 28.8 Å². The van der Waals surface area contributed by atoms with Gasteiger partial charge in [0.05, 0.1) is 12.6 Å². The van der Waals surface area contributed by atoms with Crippen LogP contribution >= 0.6 is 11.3 Å². The van der Waals surface area contributed by atoms with Crippen LogP contribution in [0, 0.1) is 0 Å². The van der Waals surface area contributed by atoms with Crippen molar-refractivity contribution in [3.63, 3.8) is 0 Å². The smallest absolute Gasteiger partial charge is 0.250 e. The van der Waals surface area contributed by atoms with Crippen molar-refractivity contribution in [2.45, 2.75) is 42.0 Å². The van der Waals surface area contributed by atoms with Crippen molar-refractivity contribution in [2.75, 3.05) is 13.7 Å². The summed E-state index contributed by atoms with van der Waals surface area (Å²) < 4.78 is 31.6. The minimum absolute atomic E-state index is 0.107. The van der Waals surface area contributed by atoms with E-state index in [2.05, 4.69) is 10.0 Å². The summed E-state index contributed by atoms with van der Waals surface area (Å²) in [6, 6.07) is 3.28. The summed E-state index contributed by atoms with van der Waals surface area (Å²) in [5.74, 6) is -0.295. The van der Waals surface area contributed by atoms with Crippen molar-refractivity contribution in [1.82, 2.24) is 10.0 Å². The molecule has 1 aliphatic carbocycles. The lowest BCUT2D eigenvalue weighted by atomic mass is 9.93. The molecule has 1 aromatic rings. The van der Waals surface area contributed by atoms with Crippen LogP contribution in [-0.4, -0.2) is 40.1 Å². The number of ether oxygens (including phenoxy) is 1. The van der Waals surface area contributed by atoms with E-state index in [4.69, 9.17) is 4.74 Å². The summed E-state index contributed by atoms with van der Waals surface area (Å²) in [6.07, 6.45) is 3.84. The lowest BCUT2D eigenvalue weighted by Crippen LogP contribution is -2.43. The van der Waals surface area contributed by atoms with E-state index in [1.54, 1.807) is 18.6 Å². The predicted octanol–water partition coefficient (Wildman–Crippen LogP) is 1.10. The van der Waals surface area contributed by atoms with Gasteiger partial charge in [0.2, 0.25) is 5.91 Å². The molecule has 1 saturated carbocycles. The number of amides is 1. The third kappa shape index (κ3) is 4.77.